The predicted octanol–water partition coefficient (Wildman–Crippen LogP) is 1.60. The van der Waals surface area contributed by atoms with E-state index in [1.807, 2.05) is 25.4 Å². The zero-order valence-electron chi connectivity index (χ0n) is 10.7. The molecule has 2 heterocycles. The van der Waals surface area contributed by atoms with Crippen molar-refractivity contribution in [3.05, 3.63) is 42.1 Å². The molecule has 5 heteroatoms. The van der Waals surface area contributed by atoms with Gasteiger partial charge in [0.1, 0.15) is 5.76 Å². The number of hydrogen-bond acceptors (Lipinski definition) is 3. The third kappa shape index (κ3) is 3.23. The van der Waals surface area contributed by atoms with Crippen molar-refractivity contribution in [2.45, 2.75) is 19.4 Å². The van der Waals surface area contributed by atoms with Gasteiger partial charge in [-0.2, -0.15) is 5.10 Å². The van der Waals surface area contributed by atoms with Gasteiger partial charge in [0.05, 0.1) is 12.5 Å². The lowest BCUT2D eigenvalue weighted by atomic mass is 10.2. The summed E-state index contributed by atoms with van der Waals surface area (Å²) >= 11 is 0. The van der Waals surface area contributed by atoms with E-state index >= 15 is 0 Å². The fraction of sp³-hybridized carbons (Fsp3) is 0.385. The minimum Gasteiger partial charge on any atom is -0.469 e. The van der Waals surface area contributed by atoms with E-state index in [0.29, 0.717) is 19.4 Å². The maximum atomic E-state index is 11.9. The number of carbonyl (C=O) groups is 1. The summed E-state index contributed by atoms with van der Waals surface area (Å²) in [5.41, 5.74) is 1.03. The van der Waals surface area contributed by atoms with E-state index in [0.717, 1.165) is 11.3 Å². The van der Waals surface area contributed by atoms with Gasteiger partial charge < -0.3 is 9.32 Å². The SMILES string of the molecule is CN(Cc1cnn(C)c1)C(=O)CCc1ccco1. The second kappa shape index (κ2) is 5.53. The Kier molecular flexibility index (Phi) is 3.82. The summed E-state index contributed by atoms with van der Waals surface area (Å²) < 4.78 is 6.93. The zero-order valence-corrected chi connectivity index (χ0v) is 10.7. The van der Waals surface area contributed by atoms with Crippen molar-refractivity contribution in [2.75, 3.05) is 7.05 Å². The summed E-state index contributed by atoms with van der Waals surface area (Å²) in [5.74, 6) is 0.952. The van der Waals surface area contributed by atoms with Crippen LogP contribution >= 0.6 is 0 Å². The van der Waals surface area contributed by atoms with Crippen molar-refractivity contribution >= 4 is 5.91 Å². The standard InChI is InChI=1S/C13H17N3O2/c1-15(9-11-8-14-16(2)10-11)13(17)6-5-12-4-3-7-18-12/h3-4,7-8,10H,5-6,9H2,1-2H3. The molecule has 0 fully saturated rings. The van der Waals surface area contributed by atoms with Gasteiger partial charge in [-0.15, -0.1) is 0 Å². The minimum absolute atomic E-state index is 0.107. The van der Waals surface area contributed by atoms with E-state index in [2.05, 4.69) is 5.10 Å². The van der Waals surface area contributed by atoms with Crippen molar-refractivity contribution in [1.82, 2.24) is 14.7 Å². The Morgan fingerprint density at radius 1 is 1.56 bits per heavy atom. The van der Waals surface area contributed by atoms with Crippen LogP contribution in [-0.2, 0) is 24.8 Å². The molecule has 0 bridgehead atoms. The lowest BCUT2D eigenvalue weighted by molar-refractivity contribution is -0.130. The second-order valence-corrected chi connectivity index (χ2v) is 4.35. The molecule has 2 aromatic heterocycles. The highest BCUT2D eigenvalue weighted by molar-refractivity contribution is 5.76. The van der Waals surface area contributed by atoms with Gasteiger partial charge in [0, 0.05) is 45.2 Å². The third-order valence-corrected chi connectivity index (χ3v) is 2.77. The Bertz CT molecular complexity index is 502. The molecule has 0 saturated heterocycles. The molecule has 2 aromatic rings. The molecule has 96 valence electrons. The maximum Gasteiger partial charge on any atom is 0.223 e. The van der Waals surface area contributed by atoms with Gasteiger partial charge in [-0.05, 0) is 12.1 Å². The Morgan fingerprint density at radius 2 is 2.39 bits per heavy atom. The summed E-state index contributed by atoms with van der Waals surface area (Å²) in [5, 5.41) is 4.08. The molecular weight excluding hydrogens is 230 g/mol. The van der Waals surface area contributed by atoms with Crippen LogP contribution < -0.4 is 0 Å². The van der Waals surface area contributed by atoms with Gasteiger partial charge in [0.2, 0.25) is 5.91 Å². The Hall–Kier alpha value is -2.04. The van der Waals surface area contributed by atoms with Gasteiger partial charge in [0.15, 0.2) is 0 Å². The van der Waals surface area contributed by atoms with E-state index in [1.165, 1.54) is 0 Å². The van der Waals surface area contributed by atoms with Gasteiger partial charge in [0.25, 0.3) is 0 Å². The van der Waals surface area contributed by atoms with Gasteiger partial charge in [-0.3, -0.25) is 9.48 Å². The lowest BCUT2D eigenvalue weighted by Gasteiger charge is -2.15. The van der Waals surface area contributed by atoms with Gasteiger partial charge in [-0.1, -0.05) is 0 Å². The number of nitrogens with zero attached hydrogens (tertiary/aromatic N) is 3. The molecule has 0 saturated carbocycles. The number of aryl methyl sites for hydroxylation is 2. The summed E-state index contributed by atoms with van der Waals surface area (Å²) in [6, 6.07) is 3.72. The molecule has 0 aliphatic rings. The van der Waals surface area contributed by atoms with E-state index in [1.54, 1.807) is 29.1 Å². The number of aromatic nitrogens is 2. The van der Waals surface area contributed by atoms with E-state index in [-0.39, 0.29) is 5.91 Å². The minimum atomic E-state index is 0.107. The molecule has 0 N–H and O–H groups in total. The van der Waals surface area contributed by atoms with E-state index in [9.17, 15) is 4.79 Å². The first-order valence-corrected chi connectivity index (χ1v) is 5.89. The highest BCUT2D eigenvalue weighted by Crippen LogP contribution is 2.07. The Balaban J connectivity index is 1.81. The van der Waals surface area contributed by atoms with Crippen LogP contribution in [-0.4, -0.2) is 27.6 Å². The zero-order chi connectivity index (χ0) is 13.0. The Morgan fingerprint density at radius 3 is 3.00 bits per heavy atom. The summed E-state index contributed by atoms with van der Waals surface area (Å²) in [6.45, 7) is 0.588. The molecular formula is C13H17N3O2. The molecule has 0 aromatic carbocycles. The fourth-order valence-electron chi connectivity index (χ4n) is 1.79. The highest BCUT2D eigenvalue weighted by Gasteiger charge is 2.11. The van der Waals surface area contributed by atoms with Crippen LogP contribution in [0.4, 0.5) is 0 Å². The molecule has 0 atom stereocenters. The van der Waals surface area contributed by atoms with Gasteiger partial charge >= 0.3 is 0 Å². The van der Waals surface area contributed by atoms with Crippen molar-refractivity contribution in [2.24, 2.45) is 7.05 Å². The van der Waals surface area contributed by atoms with Crippen molar-refractivity contribution in [3.8, 4) is 0 Å². The number of carbonyl (C=O) groups excluding carboxylic acids is 1. The molecule has 0 aliphatic heterocycles. The van der Waals surface area contributed by atoms with Crippen LogP contribution in [0.3, 0.4) is 0 Å². The van der Waals surface area contributed by atoms with Crippen LogP contribution in [0, 0.1) is 0 Å². The number of amides is 1. The molecule has 5 nitrogen and oxygen atoms in total. The van der Waals surface area contributed by atoms with Crippen molar-refractivity contribution < 1.29 is 9.21 Å². The van der Waals surface area contributed by atoms with E-state index in [4.69, 9.17) is 4.42 Å². The molecule has 0 unspecified atom stereocenters. The molecule has 18 heavy (non-hydrogen) atoms. The quantitative estimate of drug-likeness (QED) is 0.806. The average molecular weight is 247 g/mol. The lowest BCUT2D eigenvalue weighted by Crippen LogP contribution is -2.26. The molecule has 2 rings (SSSR count). The van der Waals surface area contributed by atoms with Crippen LogP contribution in [0.1, 0.15) is 17.7 Å². The third-order valence-electron chi connectivity index (χ3n) is 2.77. The Labute approximate surface area is 106 Å². The number of hydrogen-bond donors (Lipinski definition) is 0. The predicted molar refractivity (Wildman–Crippen MR) is 66.7 cm³/mol. The van der Waals surface area contributed by atoms with Crippen LogP contribution in [0.2, 0.25) is 0 Å². The van der Waals surface area contributed by atoms with E-state index < -0.39 is 0 Å². The van der Waals surface area contributed by atoms with Crippen LogP contribution in [0.5, 0.6) is 0 Å². The molecule has 0 spiro atoms. The monoisotopic (exact) mass is 247 g/mol. The summed E-state index contributed by atoms with van der Waals surface area (Å²) in [7, 11) is 3.67. The normalized spacial score (nSPS) is 10.6. The van der Waals surface area contributed by atoms with Crippen LogP contribution in [0.15, 0.2) is 35.2 Å². The number of rotatable bonds is 5. The average Bonchev–Trinajstić information content (AvgIpc) is 2.97. The fourth-order valence-corrected chi connectivity index (χ4v) is 1.79. The topological polar surface area (TPSA) is 51.3 Å². The smallest absolute Gasteiger partial charge is 0.223 e. The number of furan rings is 1. The van der Waals surface area contributed by atoms with Crippen LogP contribution in [0.25, 0.3) is 0 Å². The first-order valence-electron chi connectivity index (χ1n) is 5.89. The molecule has 0 aliphatic carbocycles. The molecule has 0 radical (unpaired) electrons. The van der Waals surface area contributed by atoms with Crippen molar-refractivity contribution in [3.63, 3.8) is 0 Å². The summed E-state index contributed by atoms with van der Waals surface area (Å²) in [6.07, 6.45) is 6.42. The molecule has 1 amide bonds. The first-order chi connectivity index (χ1) is 8.65. The first kappa shape index (κ1) is 12.4. The summed E-state index contributed by atoms with van der Waals surface area (Å²) in [4.78, 5) is 13.6. The highest BCUT2D eigenvalue weighted by atomic mass is 16.3. The van der Waals surface area contributed by atoms with Gasteiger partial charge in [-0.25, -0.2) is 0 Å². The second-order valence-electron chi connectivity index (χ2n) is 4.35. The largest absolute Gasteiger partial charge is 0.469 e. The maximum absolute atomic E-state index is 11.9. The van der Waals surface area contributed by atoms with Crippen molar-refractivity contribution in [1.29, 1.82) is 0 Å².